The van der Waals surface area contributed by atoms with Gasteiger partial charge in [0.1, 0.15) is 0 Å². The molecule has 212 valence electrons. The van der Waals surface area contributed by atoms with E-state index in [1.165, 1.54) is 0 Å². The zero-order valence-corrected chi connectivity index (χ0v) is 31.4. The molecule has 0 saturated heterocycles. The lowest BCUT2D eigenvalue weighted by Crippen LogP contribution is -2.68. The molecule has 0 bridgehead atoms. The van der Waals surface area contributed by atoms with E-state index in [0.29, 0.717) is 49.9 Å². The highest BCUT2D eigenvalue weighted by atomic mass is 28.5. The maximum Gasteiger partial charge on any atom is 0.466 e. The van der Waals surface area contributed by atoms with Gasteiger partial charge in [-0.15, -0.1) is 0 Å². The van der Waals surface area contributed by atoms with Gasteiger partial charge in [-0.1, -0.05) is 125 Å². The van der Waals surface area contributed by atoms with Gasteiger partial charge in [0.05, 0.1) is 0 Å². The summed E-state index contributed by atoms with van der Waals surface area (Å²) in [4.78, 5) is 0. The van der Waals surface area contributed by atoms with Crippen LogP contribution in [0.15, 0.2) is 0 Å². The quantitative estimate of drug-likeness (QED) is 0.186. The molecule has 0 amide bonds. The first-order chi connectivity index (χ1) is 15.6. The minimum absolute atomic E-state index is 0.503. The van der Waals surface area contributed by atoms with Crippen molar-refractivity contribution in [1.82, 2.24) is 0 Å². The predicted molar refractivity (Wildman–Crippen MR) is 168 cm³/mol. The van der Waals surface area contributed by atoms with E-state index in [1.54, 1.807) is 0 Å². The van der Waals surface area contributed by atoms with Gasteiger partial charge in [0, 0.05) is 6.55 Å². The van der Waals surface area contributed by atoms with Gasteiger partial charge in [-0.3, -0.25) is 0 Å². The summed E-state index contributed by atoms with van der Waals surface area (Å²) in [6.07, 6.45) is 0. The topological polar surface area (TPSA) is 27.7 Å². The molecule has 0 aromatic heterocycles. The van der Waals surface area contributed by atoms with Crippen molar-refractivity contribution in [2.45, 2.75) is 181 Å². The van der Waals surface area contributed by atoms with Crippen LogP contribution >= 0.6 is 0 Å². The van der Waals surface area contributed by atoms with Gasteiger partial charge in [0.15, 0.2) is 25.0 Å². The van der Waals surface area contributed by atoms with E-state index in [1.807, 2.05) is 0 Å². The van der Waals surface area contributed by atoms with E-state index in [0.717, 1.165) is 0 Å². The van der Waals surface area contributed by atoms with Crippen LogP contribution in [0.1, 0.15) is 125 Å². The van der Waals surface area contributed by atoms with Crippen LogP contribution in [-0.2, 0) is 12.3 Å². The summed E-state index contributed by atoms with van der Waals surface area (Å²) in [5, 5.41) is 0. The Balaban J connectivity index is 7.34. The van der Waals surface area contributed by atoms with Crippen molar-refractivity contribution in [3.8, 4) is 0 Å². The fourth-order valence-electron chi connectivity index (χ4n) is 8.09. The molecule has 0 fully saturated rings. The molecule has 0 atom stereocenters. The Kier molecular flexibility index (Phi) is 13.5. The van der Waals surface area contributed by atoms with Crippen molar-refractivity contribution in [2.75, 3.05) is 0 Å². The predicted octanol–water partition coefficient (Wildman–Crippen LogP) is 11.1. The molecule has 0 spiro atoms. The number of rotatable bonds is 15. The molecule has 0 saturated carbocycles. The lowest BCUT2D eigenvalue weighted by atomic mass is 10.5. The molecule has 0 unspecified atom stereocenters. The Morgan fingerprint density at radius 1 is 0.286 bits per heavy atom. The summed E-state index contributed by atoms with van der Waals surface area (Å²) in [5.41, 5.74) is 4.52. The first-order valence-corrected chi connectivity index (χ1v) is 23.4. The largest absolute Gasteiger partial charge is 0.466 e. The molecule has 0 heterocycles. The first kappa shape index (κ1) is 35.7. The smallest absolute Gasteiger partial charge is 0.415 e. The normalized spacial score (nSPS) is 15.1. The Morgan fingerprint density at radius 3 is 0.486 bits per heavy atom. The standard InChI is InChI=1S/C28H66O3Si4/c1-20(2)33(21(3)4,22(5)6)29-32(19,30-34(23(7)8,24(9)10)25(11)12)31-35(26(13)14,27(15)16)28(17)18/h20-28H,1-19H3. The molecule has 0 N–H and O–H groups in total. The molecule has 0 aliphatic carbocycles. The maximum atomic E-state index is 7.72. The second-order valence-electron chi connectivity index (χ2n) is 14.1. The SMILES string of the molecule is CC(C)[Si](O[Si](C)(O[Si](C(C)C)(C(C)C)C(C)C)O[Si](C(C)C)(C(C)C)C(C)C)(C(C)C)C(C)C. The Bertz CT molecular complexity index is 479. The second kappa shape index (κ2) is 13.2. The van der Waals surface area contributed by atoms with Crippen molar-refractivity contribution in [3.63, 3.8) is 0 Å². The van der Waals surface area contributed by atoms with E-state index in [4.69, 9.17) is 12.3 Å². The molecule has 0 aliphatic heterocycles. The van der Waals surface area contributed by atoms with Crippen LogP contribution in [-0.4, -0.2) is 33.8 Å². The van der Waals surface area contributed by atoms with Gasteiger partial charge >= 0.3 is 8.80 Å². The molecule has 0 radical (unpaired) electrons. The third-order valence-corrected chi connectivity index (χ3v) is 34.1. The lowest BCUT2D eigenvalue weighted by molar-refractivity contribution is 0.227. The molecule has 0 aliphatic rings. The van der Waals surface area contributed by atoms with Gasteiger partial charge < -0.3 is 12.3 Å². The van der Waals surface area contributed by atoms with Crippen molar-refractivity contribution < 1.29 is 12.3 Å². The Hall–Kier alpha value is 0.748. The molecule has 3 nitrogen and oxygen atoms in total. The summed E-state index contributed by atoms with van der Waals surface area (Å²) in [6.45, 7) is 45.3. The highest BCUT2D eigenvalue weighted by molar-refractivity contribution is 6.94. The van der Waals surface area contributed by atoms with Crippen molar-refractivity contribution >= 4 is 33.8 Å². The van der Waals surface area contributed by atoms with Crippen LogP contribution in [0.5, 0.6) is 0 Å². The summed E-state index contributed by atoms with van der Waals surface area (Å²) >= 11 is 0. The van der Waals surface area contributed by atoms with Crippen molar-refractivity contribution in [2.24, 2.45) is 0 Å². The highest BCUT2D eigenvalue weighted by Gasteiger charge is 2.61. The summed E-state index contributed by atoms with van der Waals surface area (Å²) < 4.78 is 23.2. The molecule has 35 heavy (non-hydrogen) atoms. The highest BCUT2D eigenvalue weighted by Crippen LogP contribution is 2.51. The summed E-state index contributed by atoms with van der Waals surface area (Å²) in [5.74, 6) is 0. The van der Waals surface area contributed by atoms with Crippen LogP contribution in [0.25, 0.3) is 0 Å². The summed E-state index contributed by atoms with van der Waals surface area (Å²) in [7, 11) is -9.68. The monoisotopic (exact) mass is 562 g/mol. The van der Waals surface area contributed by atoms with Crippen LogP contribution in [0.2, 0.25) is 56.4 Å². The van der Waals surface area contributed by atoms with Gasteiger partial charge in [0.25, 0.3) is 0 Å². The van der Waals surface area contributed by atoms with Gasteiger partial charge in [-0.05, 0) is 49.9 Å². The van der Waals surface area contributed by atoms with E-state index in [2.05, 4.69) is 131 Å². The minimum Gasteiger partial charge on any atom is -0.415 e. The molecular weight excluding hydrogens is 497 g/mol. The minimum atomic E-state index is -3.04. The van der Waals surface area contributed by atoms with E-state index < -0.39 is 33.8 Å². The first-order valence-electron chi connectivity index (χ1n) is 14.7. The van der Waals surface area contributed by atoms with Gasteiger partial charge in [0.2, 0.25) is 0 Å². The average Bonchev–Trinajstić information content (AvgIpc) is 2.66. The third-order valence-electron chi connectivity index (χ3n) is 9.21. The fourth-order valence-corrected chi connectivity index (χ4v) is 37.9. The van der Waals surface area contributed by atoms with Gasteiger partial charge in [-0.2, -0.15) is 0 Å². The number of hydrogen-bond acceptors (Lipinski definition) is 3. The number of hydrogen-bond donors (Lipinski definition) is 0. The molecule has 0 rings (SSSR count). The van der Waals surface area contributed by atoms with Crippen LogP contribution in [0.3, 0.4) is 0 Å². The zero-order valence-electron chi connectivity index (χ0n) is 27.4. The zero-order chi connectivity index (χ0) is 28.3. The van der Waals surface area contributed by atoms with Crippen LogP contribution in [0, 0.1) is 0 Å². The molecule has 7 heteroatoms. The Labute approximate surface area is 226 Å². The van der Waals surface area contributed by atoms with Crippen molar-refractivity contribution in [3.05, 3.63) is 0 Å². The van der Waals surface area contributed by atoms with E-state index >= 15 is 0 Å². The third kappa shape index (κ3) is 7.04. The van der Waals surface area contributed by atoms with Crippen LogP contribution in [0.4, 0.5) is 0 Å². The molecule has 0 aromatic carbocycles. The summed E-state index contributed by atoms with van der Waals surface area (Å²) in [6, 6.07) is 0. The van der Waals surface area contributed by atoms with Gasteiger partial charge in [-0.25, -0.2) is 0 Å². The average molecular weight is 563 g/mol. The van der Waals surface area contributed by atoms with Crippen molar-refractivity contribution in [1.29, 1.82) is 0 Å². The van der Waals surface area contributed by atoms with Crippen LogP contribution < -0.4 is 0 Å². The molecular formula is C28H66O3Si4. The van der Waals surface area contributed by atoms with E-state index in [9.17, 15) is 0 Å². The molecule has 0 aromatic rings. The fraction of sp³-hybridized carbons (Fsp3) is 1.00. The Morgan fingerprint density at radius 2 is 0.400 bits per heavy atom. The second-order valence-corrected chi connectivity index (χ2v) is 33.8. The lowest BCUT2D eigenvalue weighted by Gasteiger charge is -2.55. The van der Waals surface area contributed by atoms with E-state index in [-0.39, 0.29) is 0 Å². The maximum absolute atomic E-state index is 7.72.